The highest BCUT2D eigenvalue weighted by Crippen LogP contribution is 2.22. The lowest BCUT2D eigenvalue weighted by atomic mass is 9.89. The van der Waals surface area contributed by atoms with Crippen LogP contribution < -0.4 is 5.73 Å². The molecule has 0 saturated carbocycles. The Bertz CT molecular complexity index is 191. The molecule has 0 spiro atoms. The molecule has 0 bridgehead atoms. The lowest BCUT2D eigenvalue weighted by Crippen LogP contribution is -2.30. The quantitative estimate of drug-likeness (QED) is 0.721. The fourth-order valence-corrected chi connectivity index (χ4v) is 2.64. The van der Waals surface area contributed by atoms with Crippen molar-refractivity contribution in [3.63, 3.8) is 0 Å². The number of aliphatic hydroxyl groups is 1. The second-order valence-corrected chi connectivity index (χ2v) is 5.76. The molecule has 1 fully saturated rings. The second kappa shape index (κ2) is 8.06. The first-order valence-electron chi connectivity index (χ1n) is 7.13. The summed E-state index contributed by atoms with van der Waals surface area (Å²) in [6.07, 6.45) is 6.57. The van der Waals surface area contributed by atoms with Gasteiger partial charge in [-0.1, -0.05) is 13.8 Å². The molecule has 1 rings (SSSR count). The molecular weight excluding hydrogens is 214 g/mol. The summed E-state index contributed by atoms with van der Waals surface area (Å²) in [5.74, 6) is 0.850. The van der Waals surface area contributed by atoms with Gasteiger partial charge in [-0.25, -0.2) is 0 Å². The van der Waals surface area contributed by atoms with Gasteiger partial charge in [-0.3, -0.25) is 0 Å². The Morgan fingerprint density at radius 3 is 2.65 bits per heavy atom. The molecule has 0 aromatic heterocycles. The van der Waals surface area contributed by atoms with Crippen LogP contribution in [-0.4, -0.2) is 30.5 Å². The molecule has 3 atom stereocenters. The maximum atomic E-state index is 10.2. The molecule has 0 aromatic carbocycles. The first-order chi connectivity index (χ1) is 8.13. The molecule has 3 N–H and O–H groups in total. The molecule has 0 amide bonds. The average molecular weight is 243 g/mol. The Morgan fingerprint density at radius 2 is 2.12 bits per heavy atom. The van der Waals surface area contributed by atoms with Crippen LogP contribution in [0.5, 0.6) is 0 Å². The molecule has 1 aliphatic heterocycles. The minimum Gasteiger partial charge on any atom is -0.393 e. The highest BCUT2D eigenvalue weighted by molar-refractivity contribution is 4.74. The summed E-state index contributed by atoms with van der Waals surface area (Å²) in [5, 5.41) is 10.2. The van der Waals surface area contributed by atoms with Crippen molar-refractivity contribution in [1.82, 2.24) is 0 Å². The van der Waals surface area contributed by atoms with Gasteiger partial charge in [0.25, 0.3) is 0 Å². The van der Waals surface area contributed by atoms with Crippen LogP contribution in [0, 0.1) is 11.8 Å². The summed E-state index contributed by atoms with van der Waals surface area (Å²) in [7, 11) is 0. The van der Waals surface area contributed by atoms with Crippen LogP contribution in [0.3, 0.4) is 0 Å². The summed E-state index contributed by atoms with van der Waals surface area (Å²) in [6, 6.07) is 0. The van der Waals surface area contributed by atoms with E-state index in [1.165, 1.54) is 12.8 Å². The van der Waals surface area contributed by atoms with E-state index in [1.54, 1.807) is 0 Å². The number of ether oxygens (including phenoxy) is 1. The van der Waals surface area contributed by atoms with Crippen molar-refractivity contribution in [3.05, 3.63) is 0 Å². The van der Waals surface area contributed by atoms with Crippen molar-refractivity contribution in [1.29, 1.82) is 0 Å². The van der Waals surface area contributed by atoms with Gasteiger partial charge in [0, 0.05) is 6.61 Å². The van der Waals surface area contributed by atoms with Gasteiger partial charge in [-0.05, 0) is 56.9 Å². The third kappa shape index (κ3) is 5.84. The molecule has 1 saturated heterocycles. The monoisotopic (exact) mass is 243 g/mol. The van der Waals surface area contributed by atoms with Crippen LogP contribution in [0.2, 0.25) is 0 Å². The molecule has 1 heterocycles. The number of hydrogen-bond donors (Lipinski definition) is 2. The Morgan fingerprint density at radius 1 is 1.35 bits per heavy atom. The zero-order valence-corrected chi connectivity index (χ0v) is 11.4. The third-order valence-electron chi connectivity index (χ3n) is 3.68. The molecule has 3 heteroatoms. The van der Waals surface area contributed by atoms with Gasteiger partial charge in [0.2, 0.25) is 0 Å². The van der Waals surface area contributed by atoms with Crippen molar-refractivity contribution in [2.45, 2.75) is 64.6 Å². The topological polar surface area (TPSA) is 55.5 Å². The Labute approximate surface area is 106 Å². The maximum Gasteiger partial charge on any atom is 0.0581 e. The summed E-state index contributed by atoms with van der Waals surface area (Å²) in [6.45, 7) is 5.84. The summed E-state index contributed by atoms with van der Waals surface area (Å²) >= 11 is 0. The molecule has 0 aliphatic carbocycles. The van der Waals surface area contributed by atoms with Crippen molar-refractivity contribution in [2.24, 2.45) is 17.6 Å². The smallest absolute Gasteiger partial charge is 0.0581 e. The zero-order valence-electron chi connectivity index (χ0n) is 11.4. The highest BCUT2D eigenvalue weighted by Gasteiger charge is 2.21. The molecule has 17 heavy (non-hydrogen) atoms. The van der Waals surface area contributed by atoms with E-state index >= 15 is 0 Å². The van der Waals surface area contributed by atoms with E-state index in [4.69, 9.17) is 10.5 Å². The largest absolute Gasteiger partial charge is 0.393 e. The van der Waals surface area contributed by atoms with Crippen molar-refractivity contribution in [2.75, 3.05) is 13.2 Å². The minimum atomic E-state index is -0.257. The first-order valence-corrected chi connectivity index (χ1v) is 7.13. The predicted molar refractivity (Wildman–Crippen MR) is 70.8 cm³/mol. The first kappa shape index (κ1) is 14.9. The lowest BCUT2D eigenvalue weighted by Gasteiger charge is -2.27. The molecule has 3 nitrogen and oxygen atoms in total. The van der Waals surface area contributed by atoms with Gasteiger partial charge in [-0.15, -0.1) is 0 Å². The molecule has 1 aliphatic rings. The van der Waals surface area contributed by atoms with Gasteiger partial charge in [0.15, 0.2) is 0 Å². The SMILES string of the molecule is CC(C)CC(CN)C(O)CCC1CCCCO1. The van der Waals surface area contributed by atoms with Crippen LogP contribution in [0.4, 0.5) is 0 Å². The van der Waals surface area contributed by atoms with Crippen LogP contribution >= 0.6 is 0 Å². The van der Waals surface area contributed by atoms with Crippen molar-refractivity contribution < 1.29 is 9.84 Å². The van der Waals surface area contributed by atoms with Gasteiger partial charge >= 0.3 is 0 Å². The molecule has 0 aromatic rings. The van der Waals surface area contributed by atoms with Gasteiger partial charge in [-0.2, -0.15) is 0 Å². The zero-order chi connectivity index (χ0) is 12.7. The number of aliphatic hydroxyl groups excluding tert-OH is 1. The number of nitrogens with two attached hydrogens (primary N) is 1. The molecule has 102 valence electrons. The maximum absolute atomic E-state index is 10.2. The van der Waals surface area contributed by atoms with E-state index < -0.39 is 0 Å². The van der Waals surface area contributed by atoms with Crippen molar-refractivity contribution in [3.8, 4) is 0 Å². The van der Waals surface area contributed by atoms with Gasteiger partial charge < -0.3 is 15.6 Å². The summed E-state index contributed by atoms with van der Waals surface area (Å²) < 4.78 is 5.68. The number of rotatable bonds is 7. The Balaban J connectivity index is 2.23. The van der Waals surface area contributed by atoms with Crippen molar-refractivity contribution >= 4 is 0 Å². The van der Waals surface area contributed by atoms with E-state index in [2.05, 4.69) is 13.8 Å². The molecule has 0 radical (unpaired) electrons. The fourth-order valence-electron chi connectivity index (χ4n) is 2.64. The third-order valence-corrected chi connectivity index (χ3v) is 3.68. The Hall–Kier alpha value is -0.120. The summed E-state index contributed by atoms with van der Waals surface area (Å²) in [5.41, 5.74) is 5.74. The van der Waals surface area contributed by atoms with E-state index in [-0.39, 0.29) is 12.0 Å². The lowest BCUT2D eigenvalue weighted by molar-refractivity contribution is -0.00379. The number of hydrogen-bond acceptors (Lipinski definition) is 3. The average Bonchev–Trinajstić information content (AvgIpc) is 2.34. The van der Waals surface area contributed by atoms with Crippen LogP contribution in [-0.2, 0) is 4.74 Å². The van der Waals surface area contributed by atoms with E-state index in [1.807, 2.05) is 0 Å². The van der Waals surface area contributed by atoms with Crippen LogP contribution in [0.1, 0.15) is 52.4 Å². The van der Waals surface area contributed by atoms with E-state index in [0.717, 1.165) is 32.3 Å². The molecule has 3 unspecified atom stereocenters. The van der Waals surface area contributed by atoms with E-state index in [0.29, 0.717) is 18.6 Å². The van der Waals surface area contributed by atoms with Crippen LogP contribution in [0.15, 0.2) is 0 Å². The summed E-state index contributed by atoms with van der Waals surface area (Å²) in [4.78, 5) is 0. The van der Waals surface area contributed by atoms with Crippen LogP contribution in [0.25, 0.3) is 0 Å². The minimum absolute atomic E-state index is 0.249. The molecular formula is C14H29NO2. The van der Waals surface area contributed by atoms with Gasteiger partial charge in [0.1, 0.15) is 0 Å². The second-order valence-electron chi connectivity index (χ2n) is 5.76. The fraction of sp³-hybridized carbons (Fsp3) is 1.00. The highest BCUT2D eigenvalue weighted by atomic mass is 16.5. The normalized spacial score (nSPS) is 24.9. The van der Waals surface area contributed by atoms with E-state index in [9.17, 15) is 5.11 Å². The van der Waals surface area contributed by atoms with Gasteiger partial charge in [0.05, 0.1) is 12.2 Å². The Kier molecular flexibility index (Phi) is 7.09. The predicted octanol–water partition coefficient (Wildman–Crippen LogP) is 2.32. The standard InChI is InChI=1S/C14H29NO2/c1-11(2)9-12(10-15)14(16)7-6-13-5-3-4-8-17-13/h11-14,16H,3-10,15H2,1-2H3.